The fraction of sp³-hybridized carbons (Fsp3) is 0.714. The average Bonchev–Trinajstić information content (AvgIpc) is 2.66. The standard InChI is InChI=1S/C21H38O4Si/c1-8-17(4)23-26(24-18(5)9-2,25-19(6)10-3)16-15-20-11-13-21(22-7)14-12-20/h11-14,17-19H,8-10,15-16H2,1-7H3. The first-order chi connectivity index (χ1) is 12.4. The number of hydrogen-bond acceptors (Lipinski definition) is 4. The van der Waals surface area contributed by atoms with Gasteiger partial charge in [0, 0.05) is 24.4 Å². The Morgan fingerprint density at radius 3 is 1.54 bits per heavy atom. The van der Waals surface area contributed by atoms with Crippen molar-refractivity contribution in [2.45, 2.75) is 91.6 Å². The summed E-state index contributed by atoms with van der Waals surface area (Å²) in [5.74, 6) is 0.875. The summed E-state index contributed by atoms with van der Waals surface area (Å²) in [4.78, 5) is 0. The SMILES string of the molecule is CCC(C)O[Si](CCc1ccc(OC)cc1)(OC(C)CC)OC(C)CC. The number of benzene rings is 1. The lowest BCUT2D eigenvalue weighted by Gasteiger charge is -2.36. The van der Waals surface area contributed by atoms with Crippen LogP contribution in [0.4, 0.5) is 0 Å². The minimum atomic E-state index is -2.78. The average molecular weight is 383 g/mol. The zero-order chi connectivity index (χ0) is 19.6. The first-order valence-corrected chi connectivity index (χ1v) is 12.0. The van der Waals surface area contributed by atoms with E-state index < -0.39 is 8.80 Å². The van der Waals surface area contributed by atoms with Crippen molar-refractivity contribution in [2.24, 2.45) is 0 Å². The molecule has 0 saturated carbocycles. The van der Waals surface area contributed by atoms with Gasteiger partial charge in [0.05, 0.1) is 7.11 Å². The molecule has 0 aliphatic rings. The molecule has 0 radical (unpaired) electrons. The molecule has 0 N–H and O–H groups in total. The van der Waals surface area contributed by atoms with Crippen molar-refractivity contribution in [1.29, 1.82) is 0 Å². The Kier molecular flexibility index (Phi) is 10.5. The monoisotopic (exact) mass is 382 g/mol. The van der Waals surface area contributed by atoms with Crippen LogP contribution in [-0.4, -0.2) is 34.2 Å². The maximum atomic E-state index is 6.47. The normalized spacial score (nSPS) is 17.3. The summed E-state index contributed by atoms with van der Waals surface area (Å²) in [5, 5.41) is 0. The van der Waals surface area contributed by atoms with Gasteiger partial charge >= 0.3 is 8.80 Å². The fourth-order valence-electron chi connectivity index (χ4n) is 2.52. The Morgan fingerprint density at radius 1 is 0.769 bits per heavy atom. The van der Waals surface area contributed by atoms with Gasteiger partial charge in [0.25, 0.3) is 0 Å². The molecule has 1 rings (SSSR count). The highest BCUT2D eigenvalue weighted by atomic mass is 28.4. The van der Waals surface area contributed by atoms with Crippen LogP contribution in [0.15, 0.2) is 24.3 Å². The second kappa shape index (κ2) is 11.8. The molecule has 4 nitrogen and oxygen atoms in total. The van der Waals surface area contributed by atoms with Gasteiger partial charge in [-0.15, -0.1) is 0 Å². The van der Waals surface area contributed by atoms with Crippen LogP contribution in [-0.2, 0) is 19.7 Å². The summed E-state index contributed by atoms with van der Waals surface area (Å²) in [6.45, 7) is 12.7. The van der Waals surface area contributed by atoms with Gasteiger partial charge < -0.3 is 18.0 Å². The molecule has 0 bridgehead atoms. The third-order valence-corrected chi connectivity index (χ3v) is 7.89. The molecule has 3 atom stereocenters. The largest absolute Gasteiger partial charge is 0.501 e. The molecular weight excluding hydrogens is 344 g/mol. The minimum absolute atomic E-state index is 0.130. The van der Waals surface area contributed by atoms with E-state index in [1.807, 2.05) is 12.1 Å². The van der Waals surface area contributed by atoms with Crippen molar-refractivity contribution in [1.82, 2.24) is 0 Å². The molecule has 0 aliphatic heterocycles. The summed E-state index contributed by atoms with van der Waals surface area (Å²) in [7, 11) is -1.10. The lowest BCUT2D eigenvalue weighted by atomic mass is 10.2. The molecule has 26 heavy (non-hydrogen) atoms. The first-order valence-electron chi connectivity index (χ1n) is 10.0. The lowest BCUT2D eigenvalue weighted by Crippen LogP contribution is -2.51. The van der Waals surface area contributed by atoms with Gasteiger partial charge in [0.2, 0.25) is 0 Å². The molecule has 0 spiro atoms. The summed E-state index contributed by atoms with van der Waals surface area (Å²) in [5.41, 5.74) is 1.25. The van der Waals surface area contributed by atoms with E-state index in [0.717, 1.165) is 37.5 Å². The van der Waals surface area contributed by atoms with Gasteiger partial charge in [-0.05, 0) is 64.2 Å². The number of hydrogen-bond donors (Lipinski definition) is 0. The van der Waals surface area contributed by atoms with Crippen LogP contribution >= 0.6 is 0 Å². The van der Waals surface area contributed by atoms with Crippen molar-refractivity contribution in [2.75, 3.05) is 7.11 Å². The molecule has 5 heteroatoms. The zero-order valence-electron chi connectivity index (χ0n) is 17.7. The molecule has 0 fully saturated rings. The van der Waals surface area contributed by atoms with Crippen LogP contribution in [0.5, 0.6) is 5.75 Å². The maximum Gasteiger partial charge on any atom is 0.501 e. The van der Waals surface area contributed by atoms with Gasteiger partial charge in [-0.2, -0.15) is 0 Å². The number of rotatable bonds is 13. The second-order valence-corrected chi connectivity index (χ2v) is 9.61. The van der Waals surface area contributed by atoms with E-state index in [4.69, 9.17) is 18.0 Å². The summed E-state index contributed by atoms with van der Waals surface area (Å²) < 4.78 is 24.7. The van der Waals surface area contributed by atoms with E-state index >= 15 is 0 Å². The van der Waals surface area contributed by atoms with Gasteiger partial charge in [-0.25, -0.2) is 0 Å². The van der Waals surface area contributed by atoms with E-state index in [-0.39, 0.29) is 18.3 Å². The molecule has 0 heterocycles. The predicted molar refractivity (Wildman–Crippen MR) is 110 cm³/mol. The molecule has 1 aromatic rings. The molecular formula is C21H38O4Si. The van der Waals surface area contributed by atoms with Crippen molar-refractivity contribution in [3.05, 3.63) is 29.8 Å². The quantitative estimate of drug-likeness (QED) is 0.415. The number of aryl methyl sites for hydroxylation is 1. The van der Waals surface area contributed by atoms with Crippen LogP contribution in [0.25, 0.3) is 0 Å². The van der Waals surface area contributed by atoms with Crippen molar-refractivity contribution in [3.8, 4) is 5.75 Å². The molecule has 3 unspecified atom stereocenters. The topological polar surface area (TPSA) is 36.9 Å². The number of methoxy groups -OCH3 is 1. The van der Waals surface area contributed by atoms with E-state index in [0.29, 0.717) is 0 Å². The molecule has 0 aromatic heterocycles. The molecule has 150 valence electrons. The smallest absolute Gasteiger partial charge is 0.497 e. The van der Waals surface area contributed by atoms with E-state index in [1.165, 1.54) is 5.56 Å². The highest BCUT2D eigenvalue weighted by Gasteiger charge is 2.44. The maximum absolute atomic E-state index is 6.47. The highest BCUT2D eigenvalue weighted by Crippen LogP contribution is 2.27. The minimum Gasteiger partial charge on any atom is -0.497 e. The highest BCUT2D eigenvalue weighted by molar-refractivity contribution is 6.60. The van der Waals surface area contributed by atoms with Gasteiger partial charge in [0.1, 0.15) is 5.75 Å². The Labute approximate surface area is 161 Å². The van der Waals surface area contributed by atoms with Gasteiger partial charge in [0.15, 0.2) is 0 Å². The van der Waals surface area contributed by atoms with E-state index in [9.17, 15) is 0 Å². The Balaban J connectivity index is 2.99. The molecule has 0 amide bonds. The van der Waals surface area contributed by atoms with Crippen molar-refractivity contribution < 1.29 is 18.0 Å². The number of ether oxygens (including phenoxy) is 1. The van der Waals surface area contributed by atoms with Crippen LogP contribution < -0.4 is 4.74 Å². The van der Waals surface area contributed by atoms with Crippen LogP contribution in [0.3, 0.4) is 0 Å². The molecule has 0 saturated heterocycles. The first kappa shape index (κ1) is 23.2. The van der Waals surface area contributed by atoms with Crippen LogP contribution in [0.2, 0.25) is 6.04 Å². The van der Waals surface area contributed by atoms with Gasteiger partial charge in [-0.1, -0.05) is 32.9 Å². The van der Waals surface area contributed by atoms with Crippen LogP contribution in [0.1, 0.15) is 66.4 Å². The Morgan fingerprint density at radius 2 is 1.19 bits per heavy atom. The van der Waals surface area contributed by atoms with Gasteiger partial charge in [-0.3, -0.25) is 0 Å². The fourth-order valence-corrected chi connectivity index (χ4v) is 5.97. The molecule has 1 aromatic carbocycles. The van der Waals surface area contributed by atoms with Crippen molar-refractivity contribution >= 4 is 8.80 Å². The Hall–Kier alpha value is -0.883. The third kappa shape index (κ3) is 7.78. The lowest BCUT2D eigenvalue weighted by molar-refractivity contribution is -0.0107. The predicted octanol–water partition coefficient (Wildman–Crippen LogP) is 5.62. The van der Waals surface area contributed by atoms with Crippen molar-refractivity contribution in [3.63, 3.8) is 0 Å². The summed E-state index contributed by atoms with van der Waals surface area (Å²) >= 11 is 0. The summed E-state index contributed by atoms with van der Waals surface area (Å²) in [6, 6.07) is 9.00. The second-order valence-electron chi connectivity index (χ2n) is 7.04. The molecule has 0 aliphatic carbocycles. The van der Waals surface area contributed by atoms with E-state index in [2.05, 4.69) is 53.7 Å². The summed E-state index contributed by atoms with van der Waals surface area (Å²) in [6.07, 6.45) is 4.11. The third-order valence-electron chi connectivity index (χ3n) is 4.75. The zero-order valence-corrected chi connectivity index (χ0v) is 18.7. The Bertz CT molecular complexity index is 460. The van der Waals surface area contributed by atoms with Crippen LogP contribution in [0, 0.1) is 0 Å². The van der Waals surface area contributed by atoms with E-state index in [1.54, 1.807) is 7.11 Å².